The van der Waals surface area contributed by atoms with Crippen molar-refractivity contribution in [3.8, 4) is 0 Å². The quantitative estimate of drug-likeness (QED) is 0.783. The van der Waals surface area contributed by atoms with Crippen molar-refractivity contribution in [2.75, 3.05) is 5.73 Å². The lowest BCUT2D eigenvalue weighted by Crippen LogP contribution is -2.29. The van der Waals surface area contributed by atoms with Gasteiger partial charge in [-0.25, -0.2) is 0 Å². The molecule has 0 heterocycles. The van der Waals surface area contributed by atoms with Crippen LogP contribution in [0.2, 0.25) is 0 Å². The molecule has 0 atom stereocenters. The average Bonchev–Trinajstić information content (AvgIpc) is 2.30. The highest BCUT2D eigenvalue weighted by Gasteiger charge is 2.10. The number of nitrogens with two attached hydrogens (primary N) is 1. The molecule has 0 aliphatic heterocycles. The zero-order chi connectivity index (χ0) is 11.9. The van der Waals surface area contributed by atoms with E-state index in [4.69, 9.17) is 5.73 Å². The molecule has 1 aromatic carbocycles. The maximum Gasteiger partial charge on any atom is 0.0314 e. The van der Waals surface area contributed by atoms with Gasteiger partial charge in [0.25, 0.3) is 0 Å². The number of hydrogen-bond donors (Lipinski definition) is 2. The van der Waals surface area contributed by atoms with E-state index in [1.54, 1.807) is 0 Å². The monoisotopic (exact) mass is 232 g/mol. The van der Waals surface area contributed by atoms with Crippen molar-refractivity contribution in [3.63, 3.8) is 0 Å². The van der Waals surface area contributed by atoms with E-state index in [9.17, 15) is 0 Å². The van der Waals surface area contributed by atoms with Crippen molar-refractivity contribution >= 4 is 5.69 Å². The third kappa shape index (κ3) is 4.39. The highest BCUT2D eigenvalue weighted by Crippen LogP contribution is 2.17. The Hall–Kier alpha value is -1.02. The van der Waals surface area contributed by atoms with E-state index in [0.29, 0.717) is 6.04 Å². The van der Waals surface area contributed by atoms with Crippen molar-refractivity contribution in [1.29, 1.82) is 0 Å². The second kappa shape index (κ2) is 6.65. The van der Waals surface area contributed by atoms with Crippen LogP contribution in [0.5, 0.6) is 0 Å². The van der Waals surface area contributed by atoms with Crippen LogP contribution in [-0.4, -0.2) is 6.04 Å². The van der Waals surface area contributed by atoms with Crippen molar-refractivity contribution < 1.29 is 0 Å². The first-order valence-electron chi connectivity index (χ1n) is 6.92. The molecule has 1 fully saturated rings. The van der Waals surface area contributed by atoms with Gasteiger partial charge >= 0.3 is 0 Å². The molecule has 2 nitrogen and oxygen atoms in total. The van der Waals surface area contributed by atoms with Crippen LogP contribution < -0.4 is 11.1 Å². The van der Waals surface area contributed by atoms with Gasteiger partial charge in [-0.15, -0.1) is 0 Å². The fourth-order valence-electron chi connectivity index (χ4n) is 2.56. The third-order valence-corrected chi connectivity index (χ3v) is 3.68. The fourth-order valence-corrected chi connectivity index (χ4v) is 2.56. The zero-order valence-corrected chi connectivity index (χ0v) is 10.6. The highest BCUT2D eigenvalue weighted by atomic mass is 14.9. The number of nitrogens with one attached hydrogen (secondary N) is 1. The number of nitrogen functional groups attached to an aromatic ring is 1. The molecular weight excluding hydrogens is 208 g/mol. The van der Waals surface area contributed by atoms with Gasteiger partial charge in [0.15, 0.2) is 0 Å². The second-order valence-electron chi connectivity index (χ2n) is 5.16. The minimum Gasteiger partial charge on any atom is -0.399 e. The van der Waals surface area contributed by atoms with Gasteiger partial charge in [0.2, 0.25) is 0 Å². The van der Waals surface area contributed by atoms with E-state index in [1.807, 2.05) is 12.1 Å². The molecule has 3 N–H and O–H groups in total. The van der Waals surface area contributed by atoms with E-state index in [1.165, 1.54) is 50.5 Å². The summed E-state index contributed by atoms with van der Waals surface area (Å²) in [6.45, 7) is 0.977. The number of benzene rings is 1. The van der Waals surface area contributed by atoms with Crippen LogP contribution in [-0.2, 0) is 6.54 Å². The van der Waals surface area contributed by atoms with Crippen molar-refractivity contribution in [3.05, 3.63) is 29.8 Å². The molecule has 0 aromatic heterocycles. The van der Waals surface area contributed by atoms with E-state index < -0.39 is 0 Å². The van der Waals surface area contributed by atoms with E-state index in [2.05, 4.69) is 17.4 Å². The predicted molar refractivity (Wildman–Crippen MR) is 73.8 cm³/mol. The van der Waals surface area contributed by atoms with E-state index in [-0.39, 0.29) is 0 Å². The molecule has 1 aromatic rings. The molecule has 17 heavy (non-hydrogen) atoms. The molecule has 0 amide bonds. The molecule has 0 bridgehead atoms. The van der Waals surface area contributed by atoms with Gasteiger partial charge in [0, 0.05) is 18.3 Å². The van der Waals surface area contributed by atoms with Crippen LogP contribution >= 0.6 is 0 Å². The Morgan fingerprint density at radius 2 is 1.53 bits per heavy atom. The summed E-state index contributed by atoms with van der Waals surface area (Å²) in [6, 6.07) is 8.91. The summed E-state index contributed by atoms with van der Waals surface area (Å²) in [5, 5.41) is 3.68. The molecule has 1 aliphatic carbocycles. The Balaban J connectivity index is 1.77. The van der Waals surface area contributed by atoms with Crippen LogP contribution in [0.4, 0.5) is 5.69 Å². The molecular formula is C15H24N2. The molecule has 1 saturated carbocycles. The van der Waals surface area contributed by atoms with Crippen LogP contribution in [0.15, 0.2) is 24.3 Å². The van der Waals surface area contributed by atoms with Gasteiger partial charge in [-0.3, -0.25) is 0 Å². The van der Waals surface area contributed by atoms with Crippen molar-refractivity contribution in [1.82, 2.24) is 5.32 Å². The first kappa shape index (κ1) is 12.4. The fraction of sp³-hybridized carbons (Fsp3) is 0.600. The highest BCUT2D eigenvalue weighted by molar-refractivity contribution is 5.39. The van der Waals surface area contributed by atoms with Crippen molar-refractivity contribution in [2.45, 2.75) is 57.5 Å². The number of rotatable bonds is 3. The number of hydrogen-bond acceptors (Lipinski definition) is 2. The number of anilines is 1. The van der Waals surface area contributed by atoms with Gasteiger partial charge in [0.1, 0.15) is 0 Å². The maximum absolute atomic E-state index is 5.68. The molecule has 2 heteroatoms. The van der Waals surface area contributed by atoms with E-state index >= 15 is 0 Å². The summed E-state index contributed by atoms with van der Waals surface area (Å²) in [4.78, 5) is 0. The summed E-state index contributed by atoms with van der Waals surface area (Å²) in [7, 11) is 0. The Morgan fingerprint density at radius 1 is 0.941 bits per heavy atom. The molecule has 1 aliphatic rings. The Kier molecular flexibility index (Phi) is 4.87. The van der Waals surface area contributed by atoms with Crippen LogP contribution in [0.3, 0.4) is 0 Å². The molecule has 94 valence electrons. The summed E-state index contributed by atoms with van der Waals surface area (Å²) in [6.07, 6.45) is 9.73. The largest absolute Gasteiger partial charge is 0.399 e. The molecule has 2 rings (SSSR count). The molecule has 0 radical (unpaired) electrons. The van der Waals surface area contributed by atoms with Gasteiger partial charge in [-0.1, -0.05) is 44.2 Å². The maximum atomic E-state index is 5.68. The normalized spacial score (nSPS) is 18.6. The summed E-state index contributed by atoms with van der Waals surface area (Å²) < 4.78 is 0. The zero-order valence-electron chi connectivity index (χ0n) is 10.6. The lowest BCUT2D eigenvalue weighted by atomic mass is 9.96. The van der Waals surface area contributed by atoms with Gasteiger partial charge in [0.05, 0.1) is 0 Å². The second-order valence-corrected chi connectivity index (χ2v) is 5.16. The van der Waals surface area contributed by atoms with Gasteiger partial charge in [-0.05, 0) is 30.5 Å². The molecule has 0 unspecified atom stereocenters. The van der Waals surface area contributed by atoms with Crippen LogP contribution in [0.25, 0.3) is 0 Å². The Labute approximate surface area is 105 Å². The third-order valence-electron chi connectivity index (χ3n) is 3.68. The van der Waals surface area contributed by atoms with E-state index in [0.717, 1.165) is 12.2 Å². The van der Waals surface area contributed by atoms with Gasteiger partial charge in [-0.2, -0.15) is 0 Å². The summed E-state index contributed by atoms with van der Waals surface area (Å²) in [5.41, 5.74) is 7.86. The smallest absolute Gasteiger partial charge is 0.0314 e. The van der Waals surface area contributed by atoms with Gasteiger partial charge < -0.3 is 11.1 Å². The first-order chi connectivity index (χ1) is 8.34. The Morgan fingerprint density at radius 3 is 2.18 bits per heavy atom. The molecule has 0 saturated heterocycles. The predicted octanol–water partition coefficient (Wildman–Crippen LogP) is 3.47. The topological polar surface area (TPSA) is 38.0 Å². The lowest BCUT2D eigenvalue weighted by Gasteiger charge is -2.21. The molecule has 0 spiro atoms. The summed E-state index contributed by atoms with van der Waals surface area (Å²) in [5.74, 6) is 0. The summed E-state index contributed by atoms with van der Waals surface area (Å²) >= 11 is 0. The standard InChI is InChI=1S/C15H24N2/c16-14-10-8-13(9-11-14)12-17-15-6-4-2-1-3-5-7-15/h8-11,15,17H,1-7,12,16H2. The average molecular weight is 232 g/mol. The SMILES string of the molecule is Nc1ccc(CNC2CCCCCCC2)cc1. The lowest BCUT2D eigenvalue weighted by molar-refractivity contribution is 0.389. The Bertz CT molecular complexity index is 310. The van der Waals surface area contributed by atoms with Crippen molar-refractivity contribution in [2.24, 2.45) is 0 Å². The van der Waals surface area contributed by atoms with Crippen LogP contribution in [0.1, 0.15) is 50.5 Å². The minimum atomic E-state index is 0.716. The van der Waals surface area contributed by atoms with Crippen LogP contribution in [0, 0.1) is 0 Å². The minimum absolute atomic E-state index is 0.716. The first-order valence-corrected chi connectivity index (χ1v) is 6.92.